The van der Waals surface area contributed by atoms with Gasteiger partial charge in [0.25, 0.3) is 5.89 Å². The molecule has 1 aromatic carbocycles. The summed E-state index contributed by atoms with van der Waals surface area (Å²) in [6, 6.07) is 9.29. The number of aromatic nitrogens is 2. The molecule has 0 bridgehead atoms. The Bertz CT molecular complexity index is 875. The summed E-state index contributed by atoms with van der Waals surface area (Å²) >= 11 is 0. The van der Waals surface area contributed by atoms with Crippen LogP contribution in [0.2, 0.25) is 0 Å². The molecule has 1 aliphatic carbocycles. The van der Waals surface area contributed by atoms with Crippen LogP contribution in [0.25, 0.3) is 6.08 Å². The van der Waals surface area contributed by atoms with E-state index in [1.165, 1.54) is 5.41 Å². The van der Waals surface area contributed by atoms with Crippen LogP contribution in [0.3, 0.4) is 0 Å². The second-order valence-corrected chi connectivity index (χ2v) is 8.35. The van der Waals surface area contributed by atoms with E-state index in [1.54, 1.807) is 6.08 Å². The molecule has 2 heterocycles. The van der Waals surface area contributed by atoms with Crippen LogP contribution < -0.4 is 4.72 Å². The van der Waals surface area contributed by atoms with Crippen molar-refractivity contribution in [3.63, 3.8) is 0 Å². The molecule has 1 saturated heterocycles. The van der Waals surface area contributed by atoms with E-state index in [0.29, 0.717) is 11.8 Å². The molecule has 0 amide bonds. The van der Waals surface area contributed by atoms with E-state index in [2.05, 4.69) is 14.9 Å². The maximum atomic E-state index is 12.1. The van der Waals surface area contributed by atoms with Gasteiger partial charge >= 0.3 is 0 Å². The van der Waals surface area contributed by atoms with Gasteiger partial charge in [-0.2, -0.15) is 4.98 Å². The average Bonchev–Trinajstić information content (AvgIpc) is 3.19. The minimum Gasteiger partial charge on any atom is -0.364 e. The van der Waals surface area contributed by atoms with Crippen LogP contribution in [-0.2, 0) is 14.8 Å². The van der Waals surface area contributed by atoms with Crippen molar-refractivity contribution in [2.24, 2.45) is 0 Å². The van der Waals surface area contributed by atoms with Crippen LogP contribution in [-0.4, -0.2) is 31.2 Å². The second kappa shape index (κ2) is 7.30. The Labute approximate surface area is 152 Å². The monoisotopic (exact) mass is 375 g/mol. The van der Waals surface area contributed by atoms with Gasteiger partial charge in [-0.25, -0.2) is 13.1 Å². The van der Waals surface area contributed by atoms with Gasteiger partial charge in [-0.3, -0.25) is 0 Å². The lowest BCUT2D eigenvalue weighted by Crippen LogP contribution is -2.30. The summed E-state index contributed by atoms with van der Waals surface area (Å²) in [6.07, 6.45) is 4.85. The summed E-state index contributed by atoms with van der Waals surface area (Å²) in [5.74, 6) is 1.70. The molecular formula is C18H21N3O4S. The van der Waals surface area contributed by atoms with Gasteiger partial charge in [-0.15, -0.1) is 0 Å². The van der Waals surface area contributed by atoms with Crippen LogP contribution >= 0.6 is 0 Å². The fourth-order valence-corrected chi connectivity index (χ4v) is 3.76. The van der Waals surface area contributed by atoms with Gasteiger partial charge in [0.15, 0.2) is 5.82 Å². The third-order valence-corrected chi connectivity index (χ3v) is 5.60. The molecule has 2 aromatic rings. The molecule has 1 N–H and O–H groups in total. The molecule has 1 aromatic heterocycles. The van der Waals surface area contributed by atoms with Crippen LogP contribution in [0.1, 0.15) is 55.0 Å². The first-order chi connectivity index (χ1) is 12.6. The second-order valence-electron chi connectivity index (χ2n) is 6.70. The molecule has 1 aliphatic heterocycles. The van der Waals surface area contributed by atoms with Gasteiger partial charge in [0, 0.05) is 17.9 Å². The van der Waals surface area contributed by atoms with Crippen LogP contribution in [0.4, 0.5) is 0 Å². The van der Waals surface area contributed by atoms with Crippen molar-refractivity contribution in [3.05, 3.63) is 53.0 Å². The molecule has 1 saturated carbocycles. The maximum absolute atomic E-state index is 12.1. The van der Waals surface area contributed by atoms with Crippen molar-refractivity contribution in [2.75, 3.05) is 6.54 Å². The first-order valence-corrected chi connectivity index (χ1v) is 10.4. The number of hydrogen-bond donors (Lipinski definition) is 1. The van der Waals surface area contributed by atoms with Gasteiger partial charge in [-0.1, -0.05) is 35.5 Å². The third-order valence-electron chi connectivity index (χ3n) is 4.53. The smallest absolute Gasteiger partial charge is 0.255 e. The Morgan fingerprint density at radius 3 is 2.73 bits per heavy atom. The average molecular weight is 375 g/mol. The molecule has 2 atom stereocenters. The summed E-state index contributed by atoms with van der Waals surface area (Å²) in [7, 11) is -3.51. The van der Waals surface area contributed by atoms with Crippen molar-refractivity contribution in [1.29, 1.82) is 0 Å². The van der Waals surface area contributed by atoms with E-state index < -0.39 is 10.0 Å². The molecule has 4 rings (SSSR count). The zero-order valence-corrected chi connectivity index (χ0v) is 15.1. The molecule has 138 valence electrons. The topological polar surface area (TPSA) is 94.3 Å². The SMILES string of the molecule is O=S(=O)(/C=C/c1ccccc1)NC[C@@H]1CC[C@H](c2nc(C3CC3)no2)O1. The van der Waals surface area contributed by atoms with Crippen LogP contribution in [0.5, 0.6) is 0 Å². The number of nitrogens with zero attached hydrogens (tertiary/aromatic N) is 2. The lowest BCUT2D eigenvalue weighted by atomic mass is 10.2. The number of rotatable bonds is 7. The molecule has 0 unspecified atom stereocenters. The first-order valence-electron chi connectivity index (χ1n) is 8.81. The third kappa shape index (κ3) is 4.38. The highest BCUT2D eigenvalue weighted by atomic mass is 32.2. The van der Waals surface area contributed by atoms with Gasteiger partial charge < -0.3 is 9.26 Å². The fraction of sp³-hybridized carbons (Fsp3) is 0.444. The Kier molecular flexibility index (Phi) is 4.88. The fourth-order valence-electron chi connectivity index (χ4n) is 2.91. The standard InChI is InChI=1S/C18H21N3O4S/c22-26(23,11-10-13-4-2-1-3-5-13)19-12-15-8-9-16(24-15)18-20-17(21-25-18)14-6-7-14/h1-5,10-11,14-16,19H,6-9,12H2/b11-10+/t15-,16+/m0/s1. The first kappa shape index (κ1) is 17.4. The van der Waals surface area contributed by atoms with Crippen LogP contribution in [0, 0.1) is 0 Å². The predicted molar refractivity (Wildman–Crippen MR) is 95.5 cm³/mol. The molecular weight excluding hydrogens is 354 g/mol. The zero-order chi connectivity index (χ0) is 18.0. The molecule has 8 heteroatoms. The number of benzene rings is 1. The van der Waals surface area contributed by atoms with Gasteiger partial charge in [0.1, 0.15) is 6.10 Å². The minimum atomic E-state index is -3.51. The van der Waals surface area contributed by atoms with Gasteiger partial charge in [0.05, 0.1) is 6.10 Å². The highest BCUT2D eigenvalue weighted by Gasteiger charge is 2.34. The summed E-state index contributed by atoms with van der Waals surface area (Å²) in [5.41, 5.74) is 0.831. The van der Waals surface area contributed by atoms with E-state index in [4.69, 9.17) is 9.26 Å². The Balaban J connectivity index is 1.28. The number of nitrogens with one attached hydrogen (secondary N) is 1. The Morgan fingerprint density at radius 1 is 1.15 bits per heavy atom. The van der Waals surface area contributed by atoms with E-state index >= 15 is 0 Å². The van der Waals surface area contributed by atoms with E-state index in [-0.39, 0.29) is 18.8 Å². The summed E-state index contributed by atoms with van der Waals surface area (Å²) in [6.45, 7) is 0.224. The van der Waals surface area contributed by atoms with Crippen molar-refractivity contribution in [3.8, 4) is 0 Å². The lowest BCUT2D eigenvalue weighted by molar-refractivity contribution is 0.0290. The number of sulfonamides is 1. The minimum absolute atomic E-state index is 0.198. The van der Waals surface area contributed by atoms with Crippen molar-refractivity contribution >= 4 is 16.1 Å². The molecule has 7 nitrogen and oxygen atoms in total. The predicted octanol–water partition coefficient (Wildman–Crippen LogP) is 2.76. The van der Waals surface area contributed by atoms with Gasteiger partial charge in [-0.05, 0) is 37.3 Å². The molecule has 2 aliphatic rings. The highest BCUT2D eigenvalue weighted by Crippen LogP contribution is 2.39. The highest BCUT2D eigenvalue weighted by molar-refractivity contribution is 7.92. The largest absolute Gasteiger partial charge is 0.364 e. The van der Waals surface area contributed by atoms with E-state index in [0.717, 1.165) is 37.1 Å². The lowest BCUT2D eigenvalue weighted by Gasteiger charge is -2.11. The van der Waals surface area contributed by atoms with Crippen molar-refractivity contribution in [1.82, 2.24) is 14.9 Å². The summed E-state index contributed by atoms with van der Waals surface area (Å²) in [4.78, 5) is 4.41. The van der Waals surface area contributed by atoms with Crippen molar-refractivity contribution in [2.45, 2.75) is 43.8 Å². The summed E-state index contributed by atoms with van der Waals surface area (Å²) in [5, 5.41) is 5.17. The van der Waals surface area contributed by atoms with Crippen molar-refractivity contribution < 1.29 is 17.7 Å². The molecule has 0 spiro atoms. The molecule has 26 heavy (non-hydrogen) atoms. The number of ether oxygens (including phenoxy) is 1. The van der Waals surface area contributed by atoms with Crippen LogP contribution in [0.15, 0.2) is 40.3 Å². The Hall–Kier alpha value is -2.03. The van der Waals surface area contributed by atoms with Gasteiger partial charge in [0.2, 0.25) is 10.0 Å². The van der Waals surface area contributed by atoms with E-state index in [1.807, 2.05) is 30.3 Å². The summed E-state index contributed by atoms with van der Waals surface area (Å²) < 4.78 is 37.9. The molecule has 2 fully saturated rings. The quantitative estimate of drug-likeness (QED) is 0.800. The zero-order valence-electron chi connectivity index (χ0n) is 14.2. The van der Waals surface area contributed by atoms with E-state index in [9.17, 15) is 8.42 Å². The maximum Gasteiger partial charge on any atom is 0.255 e. The number of hydrogen-bond acceptors (Lipinski definition) is 6. The molecule has 0 radical (unpaired) electrons. The normalized spacial score (nSPS) is 23.7. The Morgan fingerprint density at radius 2 is 1.96 bits per heavy atom.